The van der Waals surface area contributed by atoms with Crippen molar-refractivity contribution < 1.29 is 4.79 Å². The summed E-state index contributed by atoms with van der Waals surface area (Å²) in [6.07, 6.45) is 2.34. The molecular weight excluding hydrogens is 200 g/mol. The molecule has 3 nitrogen and oxygen atoms in total. The van der Waals surface area contributed by atoms with E-state index in [1.807, 2.05) is 12.1 Å². The number of aromatic nitrogens is 2. The van der Waals surface area contributed by atoms with Crippen LogP contribution < -0.4 is 0 Å². The summed E-state index contributed by atoms with van der Waals surface area (Å²) in [5.41, 5.74) is 2.07. The first kappa shape index (κ1) is 8.97. The predicted octanol–water partition coefficient (Wildman–Crippen LogP) is 2.54. The summed E-state index contributed by atoms with van der Waals surface area (Å²) in [5.74, 6) is 0. The van der Waals surface area contributed by atoms with Crippen LogP contribution in [0.3, 0.4) is 0 Å². The van der Waals surface area contributed by atoms with E-state index >= 15 is 0 Å². The smallest absolute Gasteiger partial charge is 0.153 e. The van der Waals surface area contributed by atoms with Crippen molar-refractivity contribution in [3.63, 3.8) is 0 Å². The van der Waals surface area contributed by atoms with Crippen molar-refractivity contribution >= 4 is 17.9 Å². The molecule has 1 aromatic heterocycles. The molecule has 0 spiro atoms. The normalized spacial score (nSPS) is 10.1. The number of H-pyrrole nitrogens is 1. The van der Waals surface area contributed by atoms with E-state index in [1.165, 1.54) is 0 Å². The van der Waals surface area contributed by atoms with Crippen LogP contribution in [-0.4, -0.2) is 16.5 Å². The summed E-state index contributed by atoms with van der Waals surface area (Å²) in [4.78, 5) is 10.6. The quantitative estimate of drug-likeness (QED) is 0.768. The van der Waals surface area contributed by atoms with Crippen molar-refractivity contribution in [1.82, 2.24) is 10.2 Å². The molecule has 0 radical (unpaired) electrons. The molecule has 1 N–H and O–H groups in total. The highest BCUT2D eigenvalue weighted by Crippen LogP contribution is 2.21. The van der Waals surface area contributed by atoms with Crippen molar-refractivity contribution in [1.29, 1.82) is 0 Å². The van der Waals surface area contributed by atoms with Crippen LogP contribution in [0.25, 0.3) is 11.3 Å². The zero-order valence-electron chi connectivity index (χ0n) is 7.20. The fraction of sp³-hybridized carbons (Fsp3) is 0. The number of hydrogen-bond donors (Lipinski definition) is 1. The molecule has 70 valence electrons. The first-order valence-electron chi connectivity index (χ1n) is 4.06. The summed E-state index contributed by atoms with van der Waals surface area (Å²) in [7, 11) is 0. The van der Waals surface area contributed by atoms with Gasteiger partial charge in [0.1, 0.15) is 5.69 Å². The van der Waals surface area contributed by atoms with Gasteiger partial charge in [0, 0.05) is 16.8 Å². The molecule has 0 aliphatic rings. The fourth-order valence-corrected chi connectivity index (χ4v) is 1.35. The summed E-state index contributed by atoms with van der Waals surface area (Å²) in [5, 5.41) is 7.30. The Morgan fingerprint density at radius 3 is 2.64 bits per heavy atom. The molecule has 1 heterocycles. The van der Waals surface area contributed by atoms with Gasteiger partial charge in [-0.05, 0) is 12.1 Å². The first-order chi connectivity index (χ1) is 6.81. The van der Waals surface area contributed by atoms with Gasteiger partial charge >= 0.3 is 0 Å². The third kappa shape index (κ3) is 1.54. The minimum Gasteiger partial charge on any atom is -0.298 e. The molecule has 0 fully saturated rings. The van der Waals surface area contributed by atoms with Gasteiger partial charge in [0.15, 0.2) is 6.29 Å². The average Bonchev–Trinajstić information content (AvgIpc) is 2.67. The Morgan fingerprint density at radius 2 is 2.00 bits per heavy atom. The number of nitrogens with zero attached hydrogens (tertiary/aromatic N) is 1. The molecule has 0 bridgehead atoms. The van der Waals surface area contributed by atoms with Crippen molar-refractivity contribution in [2.24, 2.45) is 0 Å². The third-order valence-corrected chi connectivity index (χ3v) is 2.17. The van der Waals surface area contributed by atoms with Crippen LogP contribution in [0.15, 0.2) is 30.5 Å². The number of aldehydes is 1. The molecule has 14 heavy (non-hydrogen) atoms. The van der Waals surface area contributed by atoms with Gasteiger partial charge in [0.05, 0.1) is 5.56 Å². The van der Waals surface area contributed by atoms with Crippen molar-refractivity contribution in [2.45, 2.75) is 0 Å². The summed E-state index contributed by atoms with van der Waals surface area (Å²) < 4.78 is 0. The summed E-state index contributed by atoms with van der Waals surface area (Å²) in [6.45, 7) is 0. The van der Waals surface area contributed by atoms with Crippen LogP contribution in [0.5, 0.6) is 0 Å². The lowest BCUT2D eigenvalue weighted by Gasteiger charge is -1.97. The molecule has 0 atom stereocenters. The van der Waals surface area contributed by atoms with E-state index in [4.69, 9.17) is 11.6 Å². The standard InChI is InChI=1S/C10H7ClN2O/c11-9-3-1-7(2-4-9)10-8(6-14)5-12-13-10/h1-6H,(H,12,13). The van der Waals surface area contributed by atoms with Gasteiger partial charge in [0.25, 0.3) is 0 Å². The predicted molar refractivity (Wildman–Crippen MR) is 54.4 cm³/mol. The number of hydrogen-bond acceptors (Lipinski definition) is 2. The number of carbonyl (C=O) groups is 1. The Morgan fingerprint density at radius 1 is 1.29 bits per heavy atom. The zero-order valence-corrected chi connectivity index (χ0v) is 7.95. The van der Waals surface area contributed by atoms with E-state index < -0.39 is 0 Å². The minimum absolute atomic E-state index is 0.548. The van der Waals surface area contributed by atoms with Crippen molar-refractivity contribution in [2.75, 3.05) is 0 Å². The highest BCUT2D eigenvalue weighted by atomic mass is 35.5. The topological polar surface area (TPSA) is 45.8 Å². The number of carbonyl (C=O) groups excluding carboxylic acids is 1. The maximum Gasteiger partial charge on any atom is 0.153 e. The Hall–Kier alpha value is -1.61. The van der Waals surface area contributed by atoms with Crippen LogP contribution in [-0.2, 0) is 0 Å². The Bertz CT molecular complexity index is 447. The van der Waals surface area contributed by atoms with Crippen molar-refractivity contribution in [3.8, 4) is 11.3 Å². The molecule has 4 heteroatoms. The van der Waals surface area contributed by atoms with E-state index in [-0.39, 0.29) is 0 Å². The van der Waals surface area contributed by atoms with E-state index in [0.29, 0.717) is 16.3 Å². The number of halogens is 1. The lowest BCUT2D eigenvalue weighted by Crippen LogP contribution is -1.83. The highest BCUT2D eigenvalue weighted by Gasteiger charge is 2.06. The van der Waals surface area contributed by atoms with Gasteiger partial charge in [0.2, 0.25) is 0 Å². The Balaban J connectivity index is 2.49. The van der Waals surface area contributed by atoms with Crippen LogP contribution in [0.2, 0.25) is 5.02 Å². The lowest BCUT2D eigenvalue weighted by molar-refractivity contribution is 0.112. The van der Waals surface area contributed by atoms with Crippen LogP contribution in [0.1, 0.15) is 10.4 Å². The molecule has 0 amide bonds. The molecule has 2 aromatic rings. The maximum absolute atomic E-state index is 10.6. The van der Waals surface area contributed by atoms with E-state index in [2.05, 4.69) is 10.2 Å². The SMILES string of the molecule is O=Cc1c[nH]nc1-c1ccc(Cl)cc1. The fourth-order valence-electron chi connectivity index (χ4n) is 1.23. The van der Waals surface area contributed by atoms with Crippen LogP contribution >= 0.6 is 11.6 Å². The second-order valence-corrected chi connectivity index (χ2v) is 3.25. The van der Waals surface area contributed by atoms with Gasteiger partial charge in [-0.3, -0.25) is 9.89 Å². The second kappa shape index (κ2) is 3.64. The molecule has 0 saturated carbocycles. The second-order valence-electron chi connectivity index (χ2n) is 2.81. The molecule has 1 aromatic carbocycles. The minimum atomic E-state index is 0.548. The van der Waals surface area contributed by atoms with Crippen molar-refractivity contribution in [3.05, 3.63) is 41.0 Å². The van der Waals surface area contributed by atoms with Gasteiger partial charge in [-0.25, -0.2) is 0 Å². The number of nitrogens with one attached hydrogen (secondary N) is 1. The van der Waals surface area contributed by atoms with Gasteiger partial charge < -0.3 is 0 Å². The van der Waals surface area contributed by atoms with Crippen LogP contribution in [0, 0.1) is 0 Å². The average molecular weight is 207 g/mol. The number of benzene rings is 1. The molecule has 0 aliphatic heterocycles. The highest BCUT2D eigenvalue weighted by molar-refractivity contribution is 6.30. The first-order valence-corrected chi connectivity index (χ1v) is 4.44. The third-order valence-electron chi connectivity index (χ3n) is 1.91. The summed E-state index contributed by atoms with van der Waals surface area (Å²) in [6, 6.07) is 7.18. The molecule has 0 unspecified atom stereocenters. The summed E-state index contributed by atoms with van der Waals surface area (Å²) >= 11 is 5.75. The largest absolute Gasteiger partial charge is 0.298 e. The Kier molecular flexibility index (Phi) is 2.33. The number of rotatable bonds is 2. The monoisotopic (exact) mass is 206 g/mol. The van der Waals surface area contributed by atoms with Crippen LogP contribution in [0.4, 0.5) is 0 Å². The molecule has 2 rings (SSSR count). The van der Waals surface area contributed by atoms with E-state index in [0.717, 1.165) is 11.8 Å². The maximum atomic E-state index is 10.6. The number of aromatic amines is 1. The molecule has 0 saturated heterocycles. The zero-order chi connectivity index (χ0) is 9.97. The van der Waals surface area contributed by atoms with E-state index in [9.17, 15) is 4.79 Å². The molecule has 0 aliphatic carbocycles. The van der Waals surface area contributed by atoms with Gasteiger partial charge in [-0.2, -0.15) is 5.10 Å². The van der Waals surface area contributed by atoms with Gasteiger partial charge in [-0.15, -0.1) is 0 Å². The Labute approximate surface area is 85.7 Å². The molecular formula is C10H7ClN2O. The lowest BCUT2D eigenvalue weighted by atomic mass is 10.1. The van der Waals surface area contributed by atoms with Gasteiger partial charge in [-0.1, -0.05) is 23.7 Å². The van der Waals surface area contributed by atoms with E-state index in [1.54, 1.807) is 18.3 Å².